The van der Waals surface area contributed by atoms with Gasteiger partial charge in [0.1, 0.15) is 0 Å². The Kier molecular flexibility index (Phi) is 6.77. The molecular formula is C17H26N2O4S. The summed E-state index contributed by atoms with van der Waals surface area (Å²) < 4.78 is 31.6. The van der Waals surface area contributed by atoms with Crippen molar-refractivity contribution in [1.82, 2.24) is 9.62 Å². The second-order valence-electron chi connectivity index (χ2n) is 6.18. The molecule has 1 saturated heterocycles. The third-order valence-electron chi connectivity index (χ3n) is 4.17. The first-order chi connectivity index (χ1) is 11.4. The number of nitrogens with one attached hydrogen (secondary N) is 1. The molecule has 1 aromatic rings. The van der Waals surface area contributed by atoms with Crippen LogP contribution in [0.25, 0.3) is 0 Å². The molecule has 6 nitrogen and oxygen atoms in total. The van der Waals surface area contributed by atoms with Gasteiger partial charge >= 0.3 is 0 Å². The summed E-state index contributed by atoms with van der Waals surface area (Å²) in [5, 5.41) is 2.77. The Balaban J connectivity index is 1.78. The number of sulfonamides is 1. The van der Waals surface area contributed by atoms with Gasteiger partial charge in [-0.2, -0.15) is 4.31 Å². The maximum Gasteiger partial charge on any atom is 0.242 e. The summed E-state index contributed by atoms with van der Waals surface area (Å²) in [5.74, 6) is -0.0944. The van der Waals surface area contributed by atoms with Gasteiger partial charge in [-0.25, -0.2) is 8.42 Å². The molecule has 0 saturated carbocycles. The second kappa shape index (κ2) is 8.60. The molecule has 1 N–H and O–H groups in total. The van der Waals surface area contributed by atoms with Gasteiger partial charge in [-0.05, 0) is 38.3 Å². The van der Waals surface area contributed by atoms with Crippen LogP contribution in [0.4, 0.5) is 0 Å². The lowest BCUT2D eigenvalue weighted by Gasteiger charge is -2.22. The lowest BCUT2D eigenvalue weighted by Crippen LogP contribution is -2.37. The number of hydrogen-bond donors (Lipinski definition) is 1. The first-order valence-corrected chi connectivity index (χ1v) is 9.75. The largest absolute Gasteiger partial charge is 0.378 e. The fourth-order valence-electron chi connectivity index (χ4n) is 2.61. The van der Waals surface area contributed by atoms with Crippen LogP contribution in [0.3, 0.4) is 0 Å². The van der Waals surface area contributed by atoms with Crippen molar-refractivity contribution in [2.75, 3.05) is 26.7 Å². The molecule has 24 heavy (non-hydrogen) atoms. The van der Waals surface area contributed by atoms with E-state index < -0.39 is 10.0 Å². The van der Waals surface area contributed by atoms with E-state index in [2.05, 4.69) is 5.32 Å². The first-order valence-electron chi connectivity index (χ1n) is 8.31. The maximum absolute atomic E-state index is 12.4. The molecule has 1 fully saturated rings. The zero-order chi connectivity index (χ0) is 17.6. The quantitative estimate of drug-likeness (QED) is 0.808. The van der Waals surface area contributed by atoms with Gasteiger partial charge in [0.05, 0.1) is 17.4 Å². The molecule has 134 valence electrons. The highest BCUT2D eigenvalue weighted by Gasteiger charge is 2.21. The topological polar surface area (TPSA) is 75.7 Å². The third-order valence-corrected chi connectivity index (χ3v) is 6.04. The number of nitrogens with zero attached hydrogens (tertiary/aromatic N) is 1. The monoisotopic (exact) mass is 354 g/mol. The van der Waals surface area contributed by atoms with Crippen molar-refractivity contribution in [2.24, 2.45) is 0 Å². The summed E-state index contributed by atoms with van der Waals surface area (Å²) >= 11 is 0. The zero-order valence-corrected chi connectivity index (χ0v) is 15.1. The molecule has 1 unspecified atom stereocenters. The normalized spacial score (nSPS) is 18.5. The van der Waals surface area contributed by atoms with Crippen LogP contribution >= 0.6 is 0 Å². The second-order valence-corrected chi connectivity index (χ2v) is 8.23. The molecular weight excluding hydrogens is 328 g/mol. The molecule has 0 spiro atoms. The molecule has 0 radical (unpaired) electrons. The molecule has 0 bridgehead atoms. The number of ether oxygens (including phenoxy) is 1. The van der Waals surface area contributed by atoms with E-state index in [1.807, 2.05) is 6.92 Å². The number of rotatable bonds is 7. The predicted molar refractivity (Wildman–Crippen MR) is 92.2 cm³/mol. The predicted octanol–water partition coefficient (Wildman–Crippen LogP) is 1.69. The van der Waals surface area contributed by atoms with Gasteiger partial charge < -0.3 is 10.1 Å². The minimum atomic E-state index is -3.52. The number of likely N-dealkylation sites (N-methyl/N-ethyl adjacent to an activating group) is 1. The molecule has 2 rings (SSSR count). The van der Waals surface area contributed by atoms with Crippen molar-refractivity contribution < 1.29 is 17.9 Å². The summed E-state index contributed by atoms with van der Waals surface area (Å²) in [6, 6.07) is 6.74. The van der Waals surface area contributed by atoms with Crippen LogP contribution in [-0.2, 0) is 19.6 Å². The highest BCUT2D eigenvalue weighted by Crippen LogP contribution is 2.16. The fraction of sp³-hybridized carbons (Fsp3) is 0.588. The average Bonchev–Trinajstić information content (AvgIpc) is 2.56. The summed E-state index contributed by atoms with van der Waals surface area (Å²) in [4.78, 5) is 12.2. The van der Waals surface area contributed by atoms with E-state index in [1.165, 1.54) is 11.4 Å². The average molecular weight is 354 g/mol. The van der Waals surface area contributed by atoms with Crippen molar-refractivity contribution in [3.05, 3.63) is 29.8 Å². The zero-order valence-electron chi connectivity index (χ0n) is 14.3. The van der Waals surface area contributed by atoms with Gasteiger partial charge in [0, 0.05) is 26.7 Å². The van der Waals surface area contributed by atoms with Crippen LogP contribution in [0.5, 0.6) is 0 Å². The molecule has 1 atom stereocenters. The van der Waals surface area contributed by atoms with Crippen molar-refractivity contribution in [2.45, 2.75) is 43.6 Å². The van der Waals surface area contributed by atoms with Crippen LogP contribution < -0.4 is 5.32 Å². The van der Waals surface area contributed by atoms with E-state index in [1.54, 1.807) is 24.3 Å². The summed E-state index contributed by atoms with van der Waals surface area (Å²) in [5.41, 5.74) is 1.01. The van der Waals surface area contributed by atoms with Crippen LogP contribution in [-0.4, -0.2) is 51.5 Å². The Hall–Kier alpha value is -1.44. The number of amides is 1. The minimum Gasteiger partial charge on any atom is -0.378 e. The Labute approximate surface area is 144 Å². The number of carbonyl (C=O) groups excluding carboxylic acids is 1. The minimum absolute atomic E-state index is 0.00669. The summed E-state index contributed by atoms with van der Waals surface area (Å²) in [7, 11) is -2.00. The number of carbonyl (C=O) groups is 1. The SMILES string of the molecule is Cc1ccc(S(=O)(=O)N(C)CCNC(=O)CC2CCCCO2)cc1. The fourth-order valence-corrected chi connectivity index (χ4v) is 3.78. The lowest BCUT2D eigenvalue weighted by molar-refractivity contribution is -0.124. The molecule has 1 aromatic carbocycles. The van der Waals surface area contributed by atoms with E-state index in [-0.39, 0.29) is 30.0 Å². The molecule has 0 aromatic heterocycles. The third kappa shape index (κ3) is 5.29. The molecule has 1 amide bonds. The smallest absolute Gasteiger partial charge is 0.242 e. The summed E-state index contributed by atoms with van der Waals surface area (Å²) in [6.07, 6.45) is 3.39. The Morgan fingerprint density at radius 2 is 2.00 bits per heavy atom. The van der Waals surface area contributed by atoms with Gasteiger partial charge in [-0.15, -0.1) is 0 Å². The van der Waals surface area contributed by atoms with Crippen molar-refractivity contribution in [3.8, 4) is 0 Å². The van der Waals surface area contributed by atoms with E-state index in [0.29, 0.717) is 6.42 Å². The Bertz CT molecular complexity index is 637. The van der Waals surface area contributed by atoms with Crippen LogP contribution in [0, 0.1) is 6.92 Å². The number of benzene rings is 1. The molecule has 0 aliphatic carbocycles. The molecule has 7 heteroatoms. The number of hydrogen-bond acceptors (Lipinski definition) is 4. The number of aryl methyl sites for hydroxylation is 1. The van der Waals surface area contributed by atoms with Crippen molar-refractivity contribution in [1.29, 1.82) is 0 Å². The standard InChI is InChI=1S/C17H26N2O4S/c1-14-6-8-16(9-7-14)24(21,22)19(2)11-10-18-17(20)13-15-5-3-4-12-23-15/h6-9,15H,3-5,10-13H2,1-2H3,(H,18,20). The Morgan fingerprint density at radius 1 is 1.29 bits per heavy atom. The van der Waals surface area contributed by atoms with Gasteiger partial charge in [-0.1, -0.05) is 17.7 Å². The van der Waals surface area contributed by atoms with Crippen LogP contribution in [0.2, 0.25) is 0 Å². The lowest BCUT2D eigenvalue weighted by atomic mass is 10.1. The van der Waals surface area contributed by atoms with E-state index >= 15 is 0 Å². The highest BCUT2D eigenvalue weighted by atomic mass is 32.2. The van der Waals surface area contributed by atoms with Gasteiger partial charge in [-0.3, -0.25) is 4.79 Å². The van der Waals surface area contributed by atoms with Crippen molar-refractivity contribution in [3.63, 3.8) is 0 Å². The molecule has 1 aliphatic rings. The van der Waals surface area contributed by atoms with Gasteiger partial charge in [0.15, 0.2) is 0 Å². The van der Waals surface area contributed by atoms with Gasteiger partial charge in [0.25, 0.3) is 0 Å². The maximum atomic E-state index is 12.4. The van der Waals surface area contributed by atoms with E-state index in [9.17, 15) is 13.2 Å². The van der Waals surface area contributed by atoms with E-state index in [4.69, 9.17) is 4.74 Å². The van der Waals surface area contributed by atoms with Crippen LogP contribution in [0.15, 0.2) is 29.2 Å². The first kappa shape index (κ1) is 18.9. The van der Waals surface area contributed by atoms with Gasteiger partial charge in [0.2, 0.25) is 15.9 Å². The highest BCUT2D eigenvalue weighted by molar-refractivity contribution is 7.89. The molecule has 1 aliphatic heterocycles. The molecule has 1 heterocycles. The summed E-state index contributed by atoms with van der Waals surface area (Å²) in [6.45, 7) is 3.14. The van der Waals surface area contributed by atoms with E-state index in [0.717, 1.165) is 31.4 Å². The Morgan fingerprint density at radius 3 is 2.62 bits per heavy atom. The van der Waals surface area contributed by atoms with Crippen molar-refractivity contribution >= 4 is 15.9 Å². The van der Waals surface area contributed by atoms with Crippen LogP contribution in [0.1, 0.15) is 31.2 Å².